The second-order valence-corrected chi connectivity index (χ2v) is 4.75. The van der Waals surface area contributed by atoms with E-state index in [9.17, 15) is 4.39 Å². The van der Waals surface area contributed by atoms with Gasteiger partial charge >= 0.3 is 0 Å². The normalized spacial score (nSPS) is 18.2. The number of benzene rings is 1. The maximum absolute atomic E-state index is 13.9. The van der Waals surface area contributed by atoms with Gasteiger partial charge in [-0.1, -0.05) is 24.6 Å². The lowest BCUT2D eigenvalue weighted by Gasteiger charge is -2.35. The third-order valence-electron chi connectivity index (χ3n) is 3.31. The number of nitrogens with one attached hydrogen (secondary N) is 1. The summed E-state index contributed by atoms with van der Waals surface area (Å²) in [5.41, 5.74) is 0.651. The fourth-order valence-electron chi connectivity index (χ4n) is 2.47. The number of halogens is 3. The Labute approximate surface area is 119 Å². The van der Waals surface area contributed by atoms with Gasteiger partial charge in [-0.15, -0.1) is 12.4 Å². The van der Waals surface area contributed by atoms with E-state index in [2.05, 4.69) is 17.1 Å². The highest BCUT2D eigenvalue weighted by Crippen LogP contribution is 2.32. The van der Waals surface area contributed by atoms with Crippen LogP contribution in [0.3, 0.4) is 0 Å². The van der Waals surface area contributed by atoms with Crippen molar-refractivity contribution < 1.29 is 4.39 Å². The standard InChI is InChI=1S/C13H18ClFN2.ClH/c1-2-12(17-8-6-16-7-9-17)13-10(14)4-3-5-11(13)15;/h3-5,12,16H,2,6-9H2,1H3;1H/t12-;/m0./s1. The second-order valence-electron chi connectivity index (χ2n) is 4.35. The highest BCUT2D eigenvalue weighted by molar-refractivity contribution is 6.31. The molecule has 2 nitrogen and oxygen atoms in total. The van der Waals surface area contributed by atoms with Crippen molar-refractivity contribution in [3.05, 3.63) is 34.6 Å². The van der Waals surface area contributed by atoms with Crippen LogP contribution in [0.4, 0.5) is 4.39 Å². The Kier molecular flexibility index (Phi) is 6.36. The molecule has 18 heavy (non-hydrogen) atoms. The first-order valence-electron chi connectivity index (χ1n) is 6.12. The van der Waals surface area contributed by atoms with Crippen LogP contribution in [0.1, 0.15) is 24.9 Å². The van der Waals surface area contributed by atoms with E-state index in [0.29, 0.717) is 10.6 Å². The van der Waals surface area contributed by atoms with E-state index in [4.69, 9.17) is 11.6 Å². The Morgan fingerprint density at radius 3 is 2.61 bits per heavy atom. The summed E-state index contributed by atoms with van der Waals surface area (Å²) in [6.45, 7) is 5.90. The summed E-state index contributed by atoms with van der Waals surface area (Å²) >= 11 is 6.14. The van der Waals surface area contributed by atoms with Gasteiger partial charge in [0.05, 0.1) is 0 Å². The molecule has 1 aromatic carbocycles. The summed E-state index contributed by atoms with van der Waals surface area (Å²) in [6, 6.07) is 5.01. The molecule has 0 bridgehead atoms. The van der Waals surface area contributed by atoms with Crippen molar-refractivity contribution >= 4 is 24.0 Å². The van der Waals surface area contributed by atoms with E-state index in [-0.39, 0.29) is 24.3 Å². The van der Waals surface area contributed by atoms with E-state index in [0.717, 1.165) is 32.6 Å². The fraction of sp³-hybridized carbons (Fsp3) is 0.538. The van der Waals surface area contributed by atoms with Crippen LogP contribution >= 0.6 is 24.0 Å². The van der Waals surface area contributed by atoms with Gasteiger partial charge in [0.15, 0.2) is 0 Å². The molecule has 1 atom stereocenters. The molecule has 1 aliphatic rings. The van der Waals surface area contributed by atoms with Crippen molar-refractivity contribution in [2.75, 3.05) is 26.2 Å². The summed E-state index contributed by atoms with van der Waals surface area (Å²) in [7, 11) is 0. The molecular formula is C13H19Cl2FN2. The van der Waals surface area contributed by atoms with Crippen LogP contribution in [0.2, 0.25) is 5.02 Å². The van der Waals surface area contributed by atoms with E-state index < -0.39 is 0 Å². The third-order valence-corrected chi connectivity index (χ3v) is 3.64. The molecule has 0 aliphatic carbocycles. The summed E-state index contributed by atoms with van der Waals surface area (Å²) in [6.07, 6.45) is 0.876. The Morgan fingerprint density at radius 1 is 1.39 bits per heavy atom. The number of piperazine rings is 1. The summed E-state index contributed by atoms with van der Waals surface area (Å²) < 4.78 is 13.9. The largest absolute Gasteiger partial charge is 0.314 e. The molecule has 0 spiro atoms. The summed E-state index contributed by atoms with van der Waals surface area (Å²) in [5, 5.41) is 3.84. The minimum atomic E-state index is -0.192. The van der Waals surface area contributed by atoms with Crippen LogP contribution in [-0.4, -0.2) is 31.1 Å². The second kappa shape index (κ2) is 7.29. The maximum Gasteiger partial charge on any atom is 0.129 e. The van der Waals surface area contributed by atoms with Gasteiger partial charge in [-0.3, -0.25) is 4.90 Å². The van der Waals surface area contributed by atoms with Crippen LogP contribution in [-0.2, 0) is 0 Å². The highest BCUT2D eigenvalue weighted by Gasteiger charge is 2.24. The SMILES string of the molecule is CC[C@@H](c1c(F)cccc1Cl)N1CCNCC1.Cl. The molecule has 1 aliphatic heterocycles. The third kappa shape index (κ3) is 3.35. The predicted octanol–water partition coefficient (Wildman–Crippen LogP) is 3.26. The van der Waals surface area contributed by atoms with Crippen LogP contribution < -0.4 is 5.32 Å². The molecular weight excluding hydrogens is 274 g/mol. The molecule has 1 N–H and O–H groups in total. The Hall–Kier alpha value is -0.350. The lowest BCUT2D eigenvalue weighted by atomic mass is 10.0. The molecule has 0 saturated carbocycles. The molecule has 1 fully saturated rings. The van der Waals surface area contributed by atoms with Crippen molar-refractivity contribution in [2.45, 2.75) is 19.4 Å². The van der Waals surface area contributed by atoms with Crippen LogP contribution in [0, 0.1) is 5.82 Å². The number of nitrogens with zero attached hydrogens (tertiary/aromatic N) is 1. The van der Waals surface area contributed by atoms with Crippen molar-refractivity contribution in [2.24, 2.45) is 0 Å². The molecule has 1 aromatic rings. The quantitative estimate of drug-likeness (QED) is 0.920. The van der Waals surface area contributed by atoms with E-state index in [1.54, 1.807) is 12.1 Å². The molecule has 0 unspecified atom stereocenters. The van der Waals surface area contributed by atoms with Gasteiger partial charge in [0.2, 0.25) is 0 Å². The Bertz CT molecular complexity index is 361. The predicted molar refractivity (Wildman–Crippen MR) is 76.1 cm³/mol. The van der Waals surface area contributed by atoms with Gasteiger partial charge < -0.3 is 5.32 Å². The number of rotatable bonds is 3. The molecule has 102 valence electrons. The highest BCUT2D eigenvalue weighted by atomic mass is 35.5. The minimum absolute atomic E-state index is 0. The van der Waals surface area contributed by atoms with Crippen molar-refractivity contribution in [1.82, 2.24) is 10.2 Å². The zero-order chi connectivity index (χ0) is 12.3. The smallest absolute Gasteiger partial charge is 0.129 e. The van der Waals surface area contributed by atoms with Crippen molar-refractivity contribution in [3.63, 3.8) is 0 Å². The first-order valence-corrected chi connectivity index (χ1v) is 6.50. The molecule has 5 heteroatoms. The Balaban J connectivity index is 0.00000162. The molecule has 1 saturated heterocycles. The van der Waals surface area contributed by atoms with Crippen LogP contribution in [0.15, 0.2) is 18.2 Å². The zero-order valence-corrected chi connectivity index (χ0v) is 12.0. The zero-order valence-electron chi connectivity index (χ0n) is 10.5. The molecule has 0 aromatic heterocycles. The summed E-state index contributed by atoms with van der Waals surface area (Å²) in [5.74, 6) is -0.192. The van der Waals surface area contributed by atoms with E-state index in [1.807, 2.05) is 0 Å². The number of hydrogen-bond donors (Lipinski definition) is 1. The average Bonchev–Trinajstić information content (AvgIpc) is 2.35. The van der Waals surface area contributed by atoms with Gasteiger partial charge in [0, 0.05) is 42.8 Å². The monoisotopic (exact) mass is 292 g/mol. The Morgan fingerprint density at radius 2 is 2.06 bits per heavy atom. The van der Waals surface area contributed by atoms with Gasteiger partial charge in [0.25, 0.3) is 0 Å². The lowest BCUT2D eigenvalue weighted by Crippen LogP contribution is -2.45. The number of hydrogen-bond acceptors (Lipinski definition) is 2. The van der Waals surface area contributed by atoms with E-state index >= 15 is 0 Å². The average molecular weight is 293 g/mol. The molecule has 2 rings (SSSR count). The first kappa shape index (κ1) is 15.7. The first-order chi connectivity index (χ1) is 8.24. The van der Waals surface area contributed by atoms with Crippen molar-refractivity contribution in [3.8, 4) is 0 Å². The van der Waals surface area contributed by atoms with E-state index in [1.165, 1.54) is 6.07 Å². The molecule has 0 amide bonds. The molecule has 1 heterocycles. The van der Waals surface area contributed by atoms with Crippen molar-refractivity contribution in [1.29, 1.82) is 0 Å². The molecule has 0 radical (unpaired) electrons. The topological polar surface area (TPSA) is 15.3 Å². The minimum Gasteiger partial charge on any atom is -0.314 e. The van der Waals surface area contributed by atoms with Gasteiger partial charge in [0.1, 0.15) is 5.82 Å². The van der Waals surface area contributed by atoms with Gasteiger partial charge in [-0.2, -0.15) is 0 Å². The summed E-state index contributed by atoms with van der Waals surface area (Å²) in [4.78, 5) is 2.31. The maximum atomic E-state index is 13.9. The van der Waals surface area contributed by atoms with Gasteiger partial charge in [-0.25, -0.2) is 4.39 Å². The lowest BCUT2D eigenvalue weighted by molar-refractivity contribution is 0.166. The van der Waals surface area contributed by atoms with Crippen LogP contribution in [0.5, 0.6) is 0 Å². The van der Waals surface area contributed by atoms with Gasteiger partial charge in [-0.05, 0) is 18.6 Å². The van der Waals surface area contributed by atoms with Crippen LogP contribution in [0.25, 0.3) is 0 Å². The fourth-order valence-corrected chi connectivity index (χ4v) is 2.76.